The van der Waals surface area contributed by atoms with Gasteiger partial charge in [0.15, 0.2) is 0 Å². The highest BCUT2D eigenvalue weighted by molar-refractivity contribution is 5.75. The second kappa shape index (κ2) is 7.99. The predicted molar refractivity (Wildman–Crippen MR) is 73.1 cm³/mol. The molecule has 0 radical (unpaired) electrons. The molecule has 1 rings (SSSR count). The van der Waals surface area contributed by atoms with E-state index in [0.29, 0.717) is 19.0 Å². The van der Waals surface area contributed by atoms with Crippen LogP contribution >= 0.6 is 0 Å². The number of likely N-dealkylation sites (N-methyl/N-ethyl adjacent to an activating group) is 1. The zero-order valence-corrected chi connectivity index (χ0v) is 11.8. The Labute approximate surface area is 114 Å². The predicted octanol–water partition coefficient (Wildman–Crippen LogP) is 1.02. The Hall–Kier alpha value is -1.30. The van der Waals surface area contributed by atoms with Gasteiger partial charge in [-0.1, -0.05) is 13.3 Å². The third-order valence-electron chi connectivity index (χ3n) is 3.67. The third-order valence-corrected chi connectivity index (χ3v) is 3.67. The lowest BCUT2D eigenvalue weighted by atomic mass is 10.0. The normalized spacial score (nSPS) is 21.7. The van der Waals surface area contributed by atoms with E-state index in [-0.39, 0.29) is 18.5 Å². The van der Waals surface area contributed by atoms with Crippen molar-refractivity contribution < 1.29 is 14.7 Å². The first-order chi connectivity index (χ1) is 9.02. The number of carboxylic acid groups (broad SMARTS) is 1. The lowest BCUT2D eigenvalue weighted by Gasteiger charge is -2.32. The Kier molecular flexibility index (Phi) is 6.62. The Morgan fingerprint density at radius 1 is 1.42 bits per heavy atom. The number of amides is 2. The Morgan fingerprint density at radius 2 is 2.16 bits per heavy atom. The average molecular weight is 271 g/mol. The van der Waals surface area contributed by atoms with Crippen molar-refractivity contribution in [3.8, 4) is 0 Å². The fourth-order valence-electron chi connectivity index (χ4n) is 2.36. The standard InChI is InChI=1S/C13H25N3O3/c1-3-10(8-12(17)18)15-13(19)14-9-11-6-4-5-7-16(11)2/h10-11H,3-9H2,1-2H3,(H,17,18)(H2,14,15,19). The molecule has 110 valence electrons. The van der Waals surface area contributed by atoms with Crippen LogP contribution in [-0.2, 0) is 4.79 Å². The molecule has 19 heavy (non-hydrogen) atoms. The summed E-state index contributed by atoms with van der Waals surface area (Å²) in [4.78, 5) is 24.6. The van der Waals surface area contributed by atoms with E-state index in [1.807, 2.05) is 6.92 Å². The number of hydrogen-bond acceptors (Lipinski definition) is 3. The van der Waals surface area contributed by atoms with Crippen LogP contribution in [0.2, 0.25) is 0 Å². The van der Waals surface area contributed by atoms with Gasteiger partial charge in [0.1, 0.15) is 0 Å². The van der Waals surface area contributed by atoms with Crippen LogP contribution in [-0.4, -0.2) is 54.2 Å². The monoisotopic (exact) mass is 271 g/mol. The maximum absolute atomic E-state index is 11.7. The Bertz CT molecular complexity index is 310. The SMILES string of the molecule is CCC(CC(=O)O)NC(=O)NCC1CCCCN1C. The molecular formula is C13H25N3O3. The second-order valence-electron chi connectivity index (χ2n) is 5.19. The molecule has 6 nitrogen and oxygen atoms in total. The molecule has 0 bridgehead atoms. The summed E-state index contributed by atoms with van der Waals surface area (Å²) in [6.45, 7) is 3.55. The van der Waals surface area contributed by atoms with Gasteiger partial charge in [0.2, 0.25) is 0 Å². The van der Waals surface area contributed by atoms with Crippen molar-refractivity contribution >= 4 is 12.0 Å². The lowest BCUT2D eigenvalue weighted by Crippen LogP contribution is -2.49. The number of hydrogen-bond donors (Lipinski definition) is 3. The number of carboxylic acids is 1. The van der Waals surface area contributed by atoms with E-state index in [0.717, 1.165) is 13.0 Å². The number of nitrogens with one attached hydrogen (secondary N) is 2. The van der Waals surface area contributed by atoms with Gasteiger partial charge in [0.25, 0.3) is 0 Å². The highest BCUT2D eigenvalue weighted by Crippen LogP contribution is 2.13. The van der Waals surface area contributed by atoms with Crippen LogP contribution < -0.4 is 10.6 Å². The molecule has 0 aromatic carbocycles. The van der Waals surface area contributed by atoms with Crippen molar-refractivity contribution in [3.05, 3.63) is 0 Å². The van der Waals surface area contributed by atoms with Crippen LogP contribution in [0.3, 0.4) is 0 Å². The van der Waals surface area contributed by atoms with Crippen molar-refractivity contribution in [3.63, 3.8) is 0 Å². The van der Waals surface area contributed by atoms with Gasteiger partial charge in [-0.25, -0.2) is 4.79 Å². The minimum absolute atomic E-state index is 0.0345. The van der Waals surface area contributed by atoms with Gasteiger partial charge in [0, 0.05) is 18.6 Å². The number of rotatable bonds is 6. The number of piperidine rings is 1. The van der Waals surface area contributed by atoms with Crippen molar-refractivity contribution in [1.29, 1.82) is 0 Å². The van der Waals surface area contributed by atoms with E-state index in [2.05, 4.69) is 22.6 Å². The smallest absolute Gasteiger partial charge is 0.315 e. The van der Waals surface area contributed by atoms with Crippen LogP contribution in [0.4, 0.5) is 4.79 Å². The maximum atomic E-state index is 11.7. The largest absolute Gasteiger partial charge is 0.481 e. The summed E-state index contributed by atoms with van der Waals surface area (Å²) in [5.41, 5.74) is 0. The summed E-state index contributed by atoms with van der Waals surface area (Å²) in [6.07, 6.45) is 4.10. The van der Waals surface area contributed by atoms with Crippen LogP contribution in [0.25, 0.3) is 0 Å². The topological polar surface area (TPSA) is 81.7 Å². The molecule has 1 heterocycles. The molecule has 2 amide bonds. The number of carbonyl (C=O) groups is 2. The van der Waals surface area contributed by atoms with Crippen molar-refractivity contribution in [1.82, 2.24) is 15.5 Å². The van der Waals surface area contributed by atoms with Gasteiger partial charge >= 0.3 is 12.0 Å². The molecular weight excluding hydrogens is 246 g/mol. The molecule has 0 aromatic rings. The van der Waals surface area contributed by atoms with Crippen LogP contribution in [0.15, 0.2) is 0 Å². The van der Waals surface area contributed by atoms with Crippen molar-refractivity contribution in [2.45, 2.75) is 51.1 Å². The molecule has 0 aliphatic carbocycles. The van der Waals surface area contributed by atoms with Gasteiger partial charge in [0.05, 0.1) is 6.42 Å². The minimum atomic E-state index is -0.890. The number of likely N-dealkylation sites (tertiary alicyclic amines) is 1. The van der Waals surface area contributed by atoms with E-state index in [1.54, 1.807) is 0 Å². The fraction of sp³-hybridized carbons (Fsp3) is 0.846. The summed E-state index contributed by atoms with van der Waals surface area (Å²) >= 11 is 0. The number of urea groups is 1. The number of nitrogens with zero attached hydrogens (tertiary/aromatic N) is 1. The van der Waals surface area contributed by atoms with Gasteiger partial charge in [-0.2, -0.15) is 0 Å². The molecule has 0 spiro atoms. The number of carbonyl (C=O) groups excluding carboxylic acids is 1. The van der Waals surface area contributed by atoms with Crippen LogP contribution in [0, 0.1) is 0 Å². The van der Waals surface area contributed by atoms with E-state index in [9.17, 15) is 9.59 Å². The first-order valence-corrected chi connectivity index (χ1v) is 6.99. The van der Waals surface area contributed by atoms with Gasteiger partial charge in [-0.05, 0) is 32.9 Å². The van der Waals surface area contributed by atoms with E-state index >= 15 is 0 Å². The fourth-order valence-corrected chi connectivity index (χ4v) is 2.36. The molecule has 1 aliphatic heterocycles. The summed E-state index contributed by atoms with van der Waals surface area (Å²) in [5.74, 6) is -0.890. The molecule has 2 atom stereocenters. The van der Waals surface area contributed by atoms with Crippen LogP contribution in [0.5, 0.6) is 0 Å². The molecule has 1 aliphatic rings. The Balaban J connectivity index is 2.27. The minimum Gasteiger partial charge on any atom is -0.481 e. The molecule has 1 fully saturated rings. The summed E-state index contributed by atoms with van der Waals surface area (Å²) < 4.78 is 0. The second-order valence-corrected chi connectivity index (χ2v) is 5.19. The van der Waals surface area contributed by atoms with Crippen molar-refractivity contribution in [2.75, 3.05) is 20.1 Å². The zero-order valence-electron chi connectivity index (χ0n) is 11.8. The van der Waals surface area contributed by atoms with E-state index in [1.165, 1.54) is 12.8 Å². The third kappa shape index (κ3) is 5.92. The lowest BCUT2D eigenvalue weighted by molar-refractivity contribution is -0.137. The molecule has 0 aromatic heterocycles. The molecule has 0 saturated carbocycles. The van der Waals surface area contributed by atoms with E-state index < -0.39 is 5.97 Å². The maximum Gasteiger partial charge on any atom is 0.315 e. The van der Waals surface area contributed by atoms with Gasteiger partial charge < -0.3 is 20.6 Å². The Morgan fingerprint density at radius 3 is 2.74 bits per heavy atom. The average Bonchev–Trinajstić information content (AvgIpc) is 2.36. The van der Waals surface area contributed by atoms with Crippen LogP contribution in [0.1, 0.15) is 39.0 Å². The quantitative estimate of drug-likeness (QED) is 0.674. The zero-order chi connectivity index (χ0) is 14.3. The molecule has 1 saturated heterocycles. The molecule has 2 unspecified atom stereocenters. The summed E-state index contributed by atoms with van der Waals surface area (Å²) in [5, 5.41) is 14.3. The first-order valence-electron chi connectivity index (χ1n) is 6.99. The van der Waals surface area contributed by atoms with Gasteiger partial charge in [-0.15, -0.1) is 0 Å². The molecule has 3 N–H and O–H groups in total. The first kappa shape index (κ1) is 15.8. The highest BCUT2D eigenvalue weighted by atomic mass is 16.4. The number of aliphatic carboxylic acids is 1. The van der Waals surface area contributed by atoms with E-state index in [4.69, 9.17) is 5.11 Å². The van der Waals surface area contributed by atoms with Gasteiger partial charge in [-0.3, -0.25) is 4.79 Å². The highest BCUT2D eigenvalue weighted by Gasteiger charge is 2.20. The molecule has 6 heteroatoms. The summed E-state index contributed by atoms with van der Waals surface area (Å²) in [6, 6.07) is -0.187. The summed E-state index contributed by atoms with van der Waals surface area (Å²) in [7, 11) is 2.07. The van der Waals surface area contributed by atoms with Crippen molar-refractivity contribution in [2.24, 2.45) is 0 Å².